The lowest BCUT2D eigenvalue weighted by Crippen LogP contribution is -2.17. The molecule has 0 aliphatic carbocycles. The molecule has 0 saturated carbocycles. The fourth-order valence-electron chi connectivity index (χ4n) is 6.49. The van der Waals surface area contributed by atoms with Crippen LogP contribution in [0.3, 0.4) is 0 Å². The third kappa shape index (κ3) is 4.87. The second-order valence-corrected chi connectivity index (χ2v) is 12.7. The number of thiazole rings is 1. The number of amidine groups is 1. The van der Waals surface area contributed by atoms with E-state index in [1.165, 1.54) is 20.9 Å². The molecule has 0 bridgehead atoms. The fourth-order valence-corrected chi connectivity index (χ4v) is 7.63. The van der Waals surface area contributed by atoms with E-state index in [1.54, 1.807) is 11.3 Å². The number of rotatable bonds is 4. The number of benzene rings is 7. The van der Waals surface area contributed by atoms with Crippen molar-refractivity contribution in [2.75, 3.05) is 0 Å². The maximum atomic E-state index is 9.14. The first kappa shape index (κ1) is 28.0. The molecular formula is C42H27N5S. The zero-order valence-corrected chi connectivity index (χ0v) is 26.5. The van der Waals surface area contributed by atoms with E-state index in [-0.39, 0.29) is 5.84 Å². The first-order valence-electron chi connectivity index (χ1n) is 15.8. The number of aromatic amines is 1. The van der Waals surface area contributed by atoms with Gasteiger partial charge in [-0.05, 0) is 45.5 Å². The number of aromatic nitrogens is 3. The predicted octanol–water partition coefficient (Wildman–Crippen LogP) is 10.4. The third-order valence-corrected chi connectivity index (χ3v) is 9.92. The Labute approximate surface area is 280 Å². The smallest absolute Gasteiger partial charge is 0.229 e. The standard InChI is InChI=1S/C42H27N5S/c43-40(47-42-45-35-18-10-9-17-34(35)38(46-42)27-11-3-1-4-12-27)33-16-8-7-15-31(33)29-21-23-32-30(25-29)20-19-26-22-24-36-39(37(26)32)48-41(44-36)28-13-5-2-6-14-28/h1-25H,(H2,43,45,46,47). The number of nitrogens with zero attached hydrogens (tertiary/aromatic N) is 3. The summed E-state index contributed by atoms with van der Waals surface area (Å²) < 4.78 is 1.19. The molecule has 48 heavy (non-hydrogen) atoms. The Morgan fingerprint density at radius 2 is 1.31 bits per heavy atom. The summed E-state index contributed by atoms with van der Waals surface area (Å²) in [7, 11) is 0. The van der Waals surface area contributed by atoms with Crippen molar-refractivity contribution in [1.29, 1.82) is 5.41 Å². The molecule has 0 fully saturated rings. The van der Waals surface area contributed by atoms with Gasteiger partial charge in [-0.3, -0.25) is 5.41 Å². The molecule has 2 N–H and O–H groups in total. The topological polar surface area (TPSA) is 77.8 Å². The third-order valence-electron chi connectivity index (χ3n) is 8.78. The van der Waals surface area contributed by atoms with E-state index in [2.05, 4.69) is 83.8 Å². The van der Waals surface area contributed by atoms with Crippen LogP contribution in [0.2, 0.25) is 0 Å². The summed E-state index contributed by atoms with van der Waals surface area (Å²) in [6.07, 6.45) is 0. The van der Waals surface area contributed by atoms with Crippen molar-refractivity contribution in [3.05, 3.63) is 163 Å². The van der Waals surface area contributed by atoms with Crippen LogP contribution in [0.4, 0.5) is 0 Å². The van der Waals surface area contributed by atoms with E-state index in [4.69, 9.17) is 20.4 Å². The molecule has 0 saturated heterocycles. The van der Waals surface area contributed by atoms with Crippen molar-refractivity contribution in [1.82, 2.24) is 15.0 Å². The molecule has 0 radical (unpaired) electrons. The molecule has 0 unspecified atom stereocenters. The van der Waals surface area contributed by atoms with E-state index < -0.39 is 0 Å². The van der Waals surface area contributed by atoms with Gasteiger partial charge in [-0.2, -0.15) is 4.99 Å². The second-order valence-electron chi connectivity index (χ2n) is 11.7. The zero-order chi connectivity index (χ0) is 32.0. The van der Waals surface area contributed by atoms with Crippen LogP contribution < -0.4 is 5.62 Å². The Balaban J connectivity index is 1.15. The zero-order valence-electron chi connectivity index (χ0n) is 25.7. The molecule has 0 amide bonds. The van der Waals surface area contributed by atoms with Crippen molar-refractivity contribution in [2.24, 2.45) is 4.99 Å². The maximum Gasteiger partial charge on any atom is 0.229 e. The molecule has 7 aromatic carbocycles. The largest absolute Gasteiger partial charge is 0.323 e. The van der Waals surface area contributed by atoms with Gasteiger partial charge >= 0.3 is 0 Å². The van der Waals surface area contributed by atoms with E-state index in [9.17, 15) is 0 Å². The average molecular weight is 634 g/mol. The van der Waals surface area contributed by atoms with Crippen LogP contribution in [0, 0.1) is 5.41 Å². The van der Waals surface area contributed by atoms with Gasteiger partial charge in [0.2, 0.25) is 5.62 Å². The van der Waals surface area contributed by atoms with Gasteiger partial charge in [-0.15, -0.1) is 11.3 Å². The summed E-state index contributed by atoms with van der Waals surface area (Å²) in [5.41, 5.74) is 7.99. The van der Waals surface area contributed by atoms with E-state index in [0.29, 0.717) is 5.62 Å². The van der Waals surface area contributed by atoms with Gasteiger partial charge < -0.3 is 4.98 Å². The Bertz CT molecular complexity index is 2740. The first-order valence-corrected chi connectivity index (χ1v) is 16.6. The van der Waals surface area contributed by atoms with Crippen molar-refractivity contribution >= 4 is 59.8 Å². The van der Waals surface area contributed by atoms with Crippen LogP contribution in [-0.2, 0) is 0 Å². The number of H-pyrrole nitrogens is 1. The molecule has 0 atom stereocenters. The van der Waals surface area contributed by atoms with Crippen molar-refractivity contribution < 1.29 is 0 Å². The molecule has 2 heterocycles. The van der Waals surface area contributed by atoms with Gasteiger partial charge in [0.05, 0.1) is 21.4 Å². The molecule has 0 aliphatic rings. The highest BCUT2D eigenvalue weighted by Crippen LogP contribution is 2.39. The average Bonchev–Trinajstić information content (AvgIpc) is 3.60. The molecule has 0 aliphatic heterocycles. The van der Waals surface area contributed by atoms with Crippen LogP contribution in [0.5, 0.6) is 0 Å². The van der Waals surface area contributed by atoms with E-state index >= 15 is 0 Å². The SMILES string of the molecule is N=C(N=c1nc(-c2ccccc2)c2ccccc2[nH]1)c1ccccc1-c1ccc2c(ccc3ccc4nc(-c5ccccc5)sc4c32)c1. The number of para-hydroxylation sites is 1. The lowest BCUT2D eigenvalue weighted by atomic mass is 9.94. The monoisotopic (exact) mass is 633 g/mol. The predicted molar refractivity (Wildman–Crippen MR) is 199 cm³/mol. The van der Waals surface area contributed by atoms with Crippen LogP contribution in [0.25, 0.3) is 75.6 Å². The summed E-state index contributed by atoms with van der Waals surface area (Å²) in [6, 6.07) is 51.7. The normalized spacial score (nSPS) is 12.0. The van der Waals surface area contributed by atoms with Gasteiger partial charge in [-0.25, -0.2) is 9.97 Å². The quantitative estimate of drug-likeness (QED) is 0.115. The molecule has 0 spiro atoms. The number of nitrogens with one attached hydrogen (secondary N) is 2. The highest BCUT2D eigenvalue weighted by molar-refractivity contribution is 7.22. The molecule has 9 aromatic rings. The highest BCUT2D eigenvalue weighted by Gasteiger charge is 2.15. The Kier molecular flexibility index (Phi) is 6.73. The second kappa shape index (κ2) is 11.5. The lowest BCUT2D eigenvalue weighted by molar-refractivity contribution is 1.05. The van der Waals surface area contributed by atoms with Crippen molar-refractivity contribution in [2.45, 2.75) is 0 Å². The van der Waals surface area contributed by atoms with Gasteiger partial charge in [0.15, 0.2) is 5.84 Å². The van der Waals surface area contributed by atoms with Crippen molar-refractivity contribution in [3.63, 3.8) is 0 Å². The Morgan fingerprint density at radius 3 is 2.17 bits per heavy atom. The van der Waals surface area contributed by atoms with Crippen LogP contribution in [0.1, 0.15) is 5.56 Å². The van der Waals surface area contributed by atoms with E-state index in [1.807, 2.05) is 72.8 Å². The van der Waals surface area contributed by atoms with Gasteiger partial charge in [0.1, 0.15) is 5.01 Å². The number of hydrogen-bond donors (Lipinski definition) is 2. The Morgan fingerprint density at radius 1 is 0.604 bits per heavy atom. The number of hydrogen-bond acceptors (Lipinski definition) is 4. The maximum absolute atomic E-state index is 9.14. The van der Waals surface area contributed by atoms with Crippen molar-refractivity contribution in [3.8, 4) is 33.0 Å². The van der Waals surface area contributed by atoms with Gasteiger partial charge in [-0.1, -0.05) is 133 Å². The lowest BCUT2D eigenvalue weighted by Gasteiger charge is -2.11. The molecule has 5 nitrogen and oxygen atoms in total. The molecule has 9 rings (SSSR count). The molecule has 226 valence electrons. The summed E-state index contributed by atoms with van der Waals surface area (Å²) in [4.78, 5) is 17.9. The summed E-state index contributed by atoms with van der Waals surface area (Å²) in [5.74, 6) is 0.141. The molecule has 6 heteroatoms. The van der Waals surface area contributed by atoms with Gasteiger partial charge in [0, 0.05) is 27.5 Å². The minimum absolute atomic E-state index is 0.141. The van der Waals surface area contributed by atoms with Gasteiger partial charge in [0.25, 0.3) is 0 Å². The summed E-state index contributed by atoms with van der Waals surface area (Å²) in [6.45, 7) is 0. The summed E-state index contributed by atoms with van der Waals surface area (Å²) >= 11 is 1.74. The molecule has 2 aromatic heterocycles. The fraction of sp³-hybridized carbons (Fsp3) is 0. The molecular weight excluding hydrogens is 607 g/mol. The van der Waals surface area contributed by atoms with Crippen LogP contribution >= 0.6 is 11.3 Å². The first-order chi connectivity index (χ1) is 23.7. The minimum atomic E-state index is 0.141. The number of fused-ring (bicyclic) bond motifs is 6. The van der Waals surface area contributed by atoms with Crippen LogP contribution in [-0.4, -0.2) is 20.8 Å². The highest BCUT2D eigenvalue weighted by atomic mass is 32.1. The minimum Gasteiger partial charge on any atom is -0.323 e. The van der Waals surface area contributed by atoms with E-state index in [0.717, 1.165) is 60.3 Å². The summed E-state index contributed by atoms with van der Waals surface area (Å²) in [5, 5.41) is 15.9. The van der Waals surface area contributed by atoms with Crippen LogP contribution in [0.15, 0.2) is 157 Å². The Hall–Kier alpha value is -6.24.